The van der Waals surface area contributed by atoms with E-state index in [1.54, 1.807) is 0 Å². The molecule has 3 aliphatic carbocycles. The van der Waals surface area contributed by atoms with Crippen LogP contribution in [0.3, 0.4) is 0 Å². The van der Waals surface area contributed by atoms with Crippen LogP contribution >= 0.6 is 0 Å². The third-order valence-electron chi connectivity index (χ3n) is 6.49. The van der Waals surface area contributed by atoms with Crippen LogP contribution in [-0.4, -0.2) is 23.0 Å². The topological polar surface area (TPSA) is 3.01 Å². The Kier molecular flexibility index (Phi) is 0.533. The SMILES string of the molecule is CC1C2C3CN4C5C3C2C54C1C. The second-order valence-corrected chi connectivity index (χ2v) is 5.98. The van der Waals surface area contributed by atoms with E-state index in [1.807, 2.05) is 0 Å². The molecule has 0 radical (unpaired) electrons. The van der Waals surface area contributed by atoms with Crippen LogP contribution in [0.25, 0.3) is 0 Å². The Morgan fingerprint density at radius 2 is 2.08 bits per heavy atom. The zero-order valence-electron chi connectivity index (χ0n) is 7.70. The largest absolute Gasteiger partial charge is 0.290 e. The van der Waals surface area contributed by atoms with Crippen molar-refractivity contribution in [3.05, 3.63) is 0 Å². The maximum atomic E-state index is 2.86. The first kappa shape index (κ1) is 5.64. The lowest BCUT2D eigenvalue weighted by molar-refractivity contribution is -0.0862. The fourth-order valence-electron chi connectivity index (χ4n) is 6.18. The maximum absolute atomic E-state index is 2.86. The molecule has 1 spiro atoms. The van der Waals surface area contributed by atoms with Crippen LogP contribution in [0.5, 0.6) is 0 Å². The molecular formula is C11H15N. The highest BCUT2D eigenvalue weighted by atomic mass is 15.5. The predicted octanol–water partition coefficient (Wildman–Crippen LogP) is 1.20. The van der Waals surface area contributed by atoms with Gasteiger partial charge in [-0.15, -0.1) is 0 Å². The van der Waals surface area contributed by atoms with Crippen molar-refractivity contribution in [1.29, 1.82) is 0 Å². The minimum atomic E-state index is 0.809. The Morgan fingerprint density at radius 1 is 1.25 bits per heavy atom. The number of rotatable bonds is 0. The van der Waals surface area contributed by atoms with Crippen LogP contribution in [0.1, 0.15) is 13.8 Å². The van der Waals surface area contributed by atoms with E-state index >= 15 is 0 Å². The summed E-state index contributed by atoms with van der Waals surface area (Å²) in [6, 6.07) is 1.10. The van der Waals surface area contributed by atoms with Crippen molar-refractivity contribution in [2.75, 3.05) is 6.54 Å². The molecule has 0 aromatic heterocycles. The van der Waals surface area contributed by atoms with Crippen LogP contribution in [-0.2, 0) is 0 Å². The zero-order valence-corrected chi connectivity index (χ0v) is 7.70. The smallest absolute Gasteiger partial charge is 0.0434 e. The molecule has 3 saturated carbocycles. The van der Waals surface area contributed by atoms with Gasteiger partial charge in [-0.2, -0.15) is 0 Å². The number of hydrogen-bond donors (Lipinski definition) is 0. The summed E-state index contributed by atoms with van der Waals surface area (Å²) in [5, 5.41) is 0. The van der Waals surface area contributed by atoms with E-state index in [4.69, 9.17) is 0 Å². The van der Waals surface area contributed by atoms with Gasteiger partial charge in [0.2, 0.25) is 0 Å². The highest BCUT2D eigenvalue weighted by Crippen LogP contribution is 2.88. The van der Waals surface area contributed by atoms with Gasteiger partial charge in [0.05, 0.1) is 0 Å². The lowest BCUT2D eigenvalue weighted by atomic mass is 9.45. The summed E-state index contributed by atoms with van der Waals surface area (Å²) in [7, 11) is 0. The number of piperidine rings is 3. The van der Waals surface area contributed by atoms with E-state index in [9.17, 15) is 0 Å². The molecule has 0 aromatic carbocycles. The Hall–Kier alpha value is -0.0400. The molecular weight excluding hydrogens is 146 g/mol. The molecule has 2 heterocycles. The molecule has 0 bridgehead atoms. The first-order chi connectivity index (χ1) is 5.79. The molecule has 2 saturated heterocycles. The van der Waals surface area contributed by atoms with Crippen molar-refractivity contribution >= 4 is 0 Å². The Morgan fingerprint density at radius 3 is 2.67 bits per heavy atom. The molecule has 0 N–H and O–H groups in total. The Bertz CT molecular complexity index is 298. The van der Waals surface area contributed by atoms with Gasteiger partial charge in [0.25, 0.3) is 0 Å². The molecule has 9 atom stereocenters. The second kappa shape index (κ2) is 1.13. The van der Waals surface area contributed by atoms with Crippen LogP contribution in [0, 0.1) is 35.5 Å². The van der Waals surface area contributed by atoms with E-state index in [0.29, 0.717) is 0 Å². The van der Waals surface area contributed by atoms with E-state index in [1.165, 1.54) is 24.3 Å². The summed E-state index contributed by atoms with van der Waals surface area (Å²) in [4.78, 5) is 2.86. The van der Waals surface area contributed by atoms with Gasteiger partial charge in [0.15, 0.2) is 0 Å². The van der Waals surface area contributed by atoms with E-state index in [-0.39, 0.29) is 0 Å². The van der Waals surface area contributed by atoms with E-state index in [0.717, 1.165) is 29.3 Å². The van der Waals surface area contributed by atoms with E-state index in [2.05, 4.69) is 18.7 Å². The van der Waals surface area contributed by atoms with Gasteiger partial charge in [-0.3, -0.25) is 4.90 Å². The first-order valence-corrected chi connectivity index (χ1v) is 5.56. The third-order valence-corrected chi connectivity index (χ3v) is 6.49. The lowest BCUT2D eigenvalue weighted by Crippen LogP contribution is -2.64. The quantitative estimate of drug-likeness (QED) is 0.482. The van der Waals surface area contributed by atoms with Gasteiger partial charge in [0, 0.05) is 18.1 Å². The standard InChI is InChI=1S/C11H15N/c1-4-5(2)11-9-7(4)6-3-12(11)10(11)8(6)9/h4-10H,3H2,1-2H3. The minimum Gasteiger partial charge on any atom is -0.290 e. The molecule has 5 fully saturated rings. The summed E-state index contributed by atoms with van der Waals surface area (Å²) in [5.41, 5.74) is 0.809. The fourth-order valence-corrected chi connectivity index (χ4v) is 6.18. The summed E-state index contributed by atoms with van der Waals surface area (Å²) in [6.07, 6.45) is 0. The third kappa shape index (κ3) is 0.238. The molecule has 9 unspecified atom stereocenters. The molecule has 0 aromatic rings. The zero-order chi connectivity index (χ0) is 7.83. The molecule has 5 rings (SSSR count). The fraction of sp³-hybridized carbons (Fsp3) is 1.00. The van der Waals surface area contributed by atoms with Crippen molar-refractivity contribution in [3.8, 4) is 0 Å². The van der Waals surface area contributed by atoms with Crippen molar-refractivity contribution < 1.29 is 0 Å². The molecule has 1 heteroatoms. The van der Waals surface area contributed by atoms with Crippen LogP contribution in [0.4, 0.5) is 0 Å². The Labute approximate surface area is 73.1 Å². The molecule has 64 valence electrons. The minimum absolute atomic E-state index is 0.809. The van der Waals surface area contributed by atoms with Gasteiger partial charge in [-0.05, 0) is 35.5 Å². The van der Waals surface area contributed by atoms with Gasteiger partial charge in [-0.1, -0.05) is 13.8 Å². The summed E-state index contributed by atoms with van der Waals surface area (Å²) in [6.45, 7) is 6.53. The maximum Gasteiger partial charge on any atom is 0.0434 e. The van der Waals surface area contributed by atoms with Crippen LogP contribution < -0.4 is 0 Å². The average molecular weight is 161 g/mol. The van der Waals surface area contributed by atoms with Crippen molar-refractivity contribution in [2.45, 2.75) is 25.4 Å². The number of hydrogen-bond acceptors (Lipinski definition) is 1. The summed E-state index contributed by atoms with van der Waals surface area (Å²) in [5.74, 6) is 6.78. The number of fused-ring (bicyclic) bond motifs is 1. The predicted molar refractivity (Wildman–Crippen MR) is 45.5 cm³/mol. The number of nitrogens with zero attached hydrogens (tertiary/aromatic N) is 1. The van der Waals surface area contributed by atoms with Gasteiger partial charge in [0.1, 0.15) is 0 Å². The highest BCUT2D eigenvalue weighted by Gasteiger charge is 2.96. The van der Waals surface area contributed by atoms with Gasteiger partial charge in [-0.25, -0.2) is 0 Å². The van der Waals surface area contributed by atoms with Crippen molar-refractivity contribution in [1.82, 2.24) is 4.90 Å². The first-order valence-electron chi connectivity index (χ1n) is 5.56. The summed E-state index contributed by atoms with van der Waals surface area (Å²) < 4.78 is 0. The lowest BCUT2D eigenvalue weighted by Gasteiger charge is -2.59. The average Bonchev–Trinajstić information content (AvgIpc) is 2.53. The highest BCUT2D eigenvalue weighted by molar-refractivity contribution is 5.48. The van der Waals surface area contributed by atoms with Crippen LogP contribution in [0.15, 0.2) is 0 Å². The van der Waals surface area contributed by atoms with Crippen molar-refractivity contribution in [3.63, 3.8) is 0 Å². The molecule has 12 heavy (non-hydrogen) atoms. The Balaban J connectivity index is 1.82. The second-order valence-electron chi connectivity index (χ2n) is 5.98. The van der Waals surface area contributed by atoms with Gasteiger partial charge >= 0.3 is 0 Å². The molecule has 5 aliphatic rings. The molecule has 2 aliphatic heterocycles. The van der Waals surface area contributed by atoms with Crippen LogP contribution in [0.2, 0.25) is 0 Å². The van der Waals surface area contributed by atoms with E-state index < -0.39 is 0 Å². The monoisotopic (exact) mass is 161 g/mol. The summed E-state index contributed by atoms with van der Waals surface area (Å²) >= 11 is 0. The van der Waals surface area contributed by atoms with Gasteiger partial charge < -0.3 is 0 Å². The normalized spacial score (nSPS) is 90.5. The van der Waals surface area contributed by atoms with Crippen molar-refractivity contribution in [2.24, 2.45) is 35.5 Å². The molecule has 1 nitrogen and oxygen atoms in total. The molecule has 0 amide bonds.